The van der Waals surface area contributed by atoms with Crippen LogP contribution in [0.2, 0.25) is 0 Å². The Bertz CT molecular complexity index is 738. The van der Waals surface area contributed by atoms with Gasteiger partial charge in [0.05, 0.1) is 25.3 Å². The number of thiophene rings is 1. The van der Waals surface area contributed by atoms with Crippen LogP contribution >= 0.6 is 11.3 Å². The topological polar surface area (TPSA) is 66.7 Å². The Morgan fingerprint density at radius 2 is 2.09 bits per heavy atom. The molecule has 4 rings (SSSR count). The number of likely N-dealkylation sites (tertiary alicyclic amines) is 1. The van der Waals surface area contributed by atoms with Crippen molar-refractivity contribution in [3.63, 3.8) is 0 Å². The molecular formula is C14H17N3O3S2. The molecule has 2 aromatic heterocycles. The molecule has 0 aliphatic carbocycles. The molecule has 2 aliphatic heterocycles. The minimum absolute atomic E-state index is 0.280. The predicted molar refractivity (Wildman–Crippen MR) is 81.8 cm³/mol. The van der Waals surface area contributed by atoms with Crippen LogP contribution in [-0.2, 0) is 29.7 Å². The van der Waals surface area contributed by atoms with E-state index in [1.165, 1.54) is 28.5 Å². The zero-order valence-corrected chi connectivity index (χ0v) is 13.7. The molecule has 0 atom stereocenters. The Labute approximate surface area is 133 Å². The van der Waals surface area contributed by atoms with E-state index in [4.69, 9.17) is 4.42 Å². The fraction of sp³-hybridized carbons (Fsp3) is 0.500. The third-order valence-electron chi connectivity index (χ3n) is 4.12. The summed E-state index contributed by atoms with van der Waals surface area (Å²) in [6, 6.07) is 3.38. The van der Waals surface area contributed by atoms with E-state index in [-0.39, 0.29) is 6.54 Å². The molecule has 8 heteroatoms. The maximum Gasteiger partial charge on any atom is 0.253 e. The van der Waals surface area contributed by atoms with Crippen molar-refractivity contribution in [1.82, 2.24) is 14.2 Å². The zero-order chi connectivity index (χ0) is 15.2. The zero-order valence-electron chi connectivity index (χ0n) is 12.1. The van der Waals surface area contributed by atoms with Gasteiger partial charge >= 0.3 is 0 Å². The lowest BCUT2D eigenvalue weighted by molar-refractivity contribution is 0.280. The molecule has 0 unspecified atom stereocenters. The first-order valence-corrected chi connectivity index (χ1v) is 9.68. The van der Waals surface area contributed by atoms with Gasteiger partial charge in [0, 0.05) is 0 Å². The third kappa shape index (κ3) is 2.50. The number of aromatic nitrogens is 1. The number of oxazole rings is 1. The van der Waals surface area contributed by atoms with Gasteiger partial charge in [0.2, 0.25) is 5.89 Å². The lowest BCUT2D eigenvalue weighted by Gasteiger charge is -2.14. The summed E-state index contributed by atoms with van der Waals surface area (Å²) in [5.74, 6) is 1.40. The molecule has 2 aliphatic rings. The first kappa shape index (κ1) is 14.4. The summed E-state index contributed by atoms with van der Waals surface area (Å²) in [6.45, 7) is 3.49. The highest BCUT2D eigenvalue weighted by Crippen LogP contribution is 2.31. The molecule has 118 valence electrons. The molecule has 0 aromatic carbocycles. The highest BCUT2D eigenvalue weighted by molar-refractivity contribution is 7.91. The minimum atomic E-state index is -3.43. The van der Waals surface area contributed by atoms with Crippen LogP contribution in [0.3, 0.4) is 0 Å². The fourth-order valence-electron chi connectivity index (χ4n) is 2.97. The van der Waals surface area contributed by atoms with Crippen LogP contribution in [0, 0.1) is 0 Å². The lowest BCUT2D eigenvalue weighted by Crippen LogP contribution is -2.25. The predicted octanol–water partition coefficient (Wildman–Crippen LogP) is 2.04. The van der Waals surface area contributed by atoms with Crippen LogP contribution in [0.4, 0.5) is 0 Å². The van der Waals surface area contributed by atoms with Crippen molar-refractivity contribution in [2.75, 3.05) is 13.1 Å². The average Bonchev–Trinajstić information content (AvgIpc) is 3.23. The Morgan fingerprint density at radius 1 is 1.27 bits per heavy atom. The number of sulfonamides is 1. The van der Waals surface area contributed by atoms with E-state index in [1.807, 2.05) is 0 Å². The van der Waals surface area contributed by atoms with E-state index in [1.54, 1.807) is 17.5 Å². The third-order valence-corrected chi connectivity index (χ3v) is 7.28. The summed E-state index contributed by atoms with van der Waals surface area (Å²) in [4.78, 5) is 6.81. The quantitative estimate of drug-likeness (QED) is 0.853. The molecular weight excluding hydrogens is 322 g/mol. The van der Waals surface area contributed by atoms with E-state index in [2.05, 4.69) is 9.88 Å². The van der Waals surface area contributed by atoms with Gasteiger partial charge in [-0.25, -0.2) is 13.4 Å². The molecule has 1 fully saturated rings. The summed E-state index contributed by atoms with van der Waals surface area (Å²) in [7, 11) is -3.43. The first-order valence-electron chi connectivity index (χ1n) is 7.36. The van der Waals surface area contributed by atoms with E-state index >= 15 is 0 Å². The van der Waals surface area contributed by atoms with Crippen LogP contribution in [0.15, 0.2) is 26.1 Å². The van der Waals surface area contributed by atoms with Gasteiger partial charge in [-0.15, -0.1) is 11.3 Å². The molecule has 0 saturated carbocycles. The summed E-state index contributed by atoms with van der Waals surface area (Å²) < 4.78 is 32.5. The van der Waals surface area contributed by atoms with Crippen LogP contribution in [-0.4, -0.2) is 35.7 Å². The molecule has 0 radical (unpaired) electrons. The second-order valence-corrected chi connectivity index (χ2v) is 8.78. The molecule has 6 nitrogen and oxygen atoms in total. The average molecular weight is 339 g/mol. The van der Waals surface area contributed by atoms with Gasteiger partial charge in [-0.1, -0.05) is 6.07 Å². The fourth-order valence-corrected chi connectivity index (χ4v) is 5.48. The number of fused-ring (bicyclic) bond motifs is 1. The second kappa shape index (κ2) is 5.45. The molecule has 0 bridgehead atoms. The summed E-state index contributed by atoms with van der Waals surface area (Å²) in [6.07, 6.45) is 2.46. The Kier molecular flexibility index (Phi) is 3.56. The van der Waals surface area contributed by atoms with Gasteiger partial charge in [-0.3, -0.25) is 4.90 Å². The maximum atomic E-state index is 12.5. The normalized spacial score (nSPS) is 19.8. The first-order chi connectivity index (χ1) is 10.6. The Balaban J connectivity index is 1.49. The molecule has 4 heterocycles. The number of rotatable bonds is 4. The minimum Gasteiger partial charge on any atom is -0.443 e. The van der Waals surface area contributed by atoms with E-state index < -0.39 is 10.0 Å². The number of hydrogen-bond donors (Lipinski definition) is 0. The van der Waals surface area contributed by atoms with Crippen LogP contribution in [0.5, 0.6) is 0 Å². The van der Waals surface area contributed by atoms with Crippen molar-refractivity contribution in [2.45, 2.75) is 36.7 Å². The summed E-state index contributed by atoms with van der Waals surface area (Å²) >= 11 is 1.24. The van der Waals surface area contributed by atoms with E-state index in [0.717, 1.165) is 25.3 Å². The summed E-state index contributed by atoms with van der Waals surface area (Å²) in [5.41, 5.74) is 0.759. The lowest BCUT2D eigenvalue weighted by atomic mass is 10.4. The van der Waals surface area contributed by atoms with Crippen LogP contribution in [0.25, 0.3) is 0 Å². The van der Waals surface area contributed by atoms with Gasteiger partial charge in [0.25, 0.3) is 10.0 Å². The van der Waals surface area contributed by atoms with Gasteiger partial charge in [0.1, 0.15) is 9.97 Å². The van der Waals surface area contributed by atoms with E-state index in [0.29, 0.717) is 22.4 Å². The Morgan fingerprint density at radius 3 is 2.77 bits per heavy atom. The largest absolute Gasteiger partial charge is 0.443 e. The Hall–Kier alpha value is -1.22. The SMILES string of the molecule is O=S(=O)(c1cccs1)N1Cc2nc(CN3CCCC3)oc2C1. The molecule has 0 N–H and O–H groups in total. The number of nitrogens with zero attached hydrogens (tertiary/aromatic N) is 3. The van der Waals surface area contributed by atoms with Crippen molar-refractivity contribution in [3.8, 4) is 0 Å². The van der Waals surface area contributed by atoms with Gasteiger partial charge in [0.15, 0.2) is 0 Å². The highest BCUT2D eigenvalue weighted by Gasteiger charge is 2.35. The van der Waals surface area contributed by atoms with Crippen LogP contribution in [0.1, 0.15) is 30.2 Å². The van der Waals surface area contributed by atoms with Crippen molar-refractivity contribution >= 4 is 21.4 Å². The van der Waals surface area contributed by atoms with Crippen molar-refractivity contribution in [3.05, 3.63) is 34.9 Å². The second-order valence-electron chi connectivity index (χ2n) is 5.67. The molecule has 0 spiro atoms. The molecule has 1 saturated heterocycles. The van der Waals surface area contributed by atoms with Crippen molar-refractivity contribution < 1.29 is 12.8 Å². The van der Waals surface area contributed by atoms with Gasteiger partial charge in [-0.05, 0) is 37.4 Å². The molecule has 2 aromatic rings. The monoisotopic (exact) mass is 339 g/mol. The standard InChI is InChI=1S/C14H17N3O3S2/c18-22(19,14-4-3-7-21-14)17-8-11-12(9-17)20-13(15-11)10-16-5-1-2-6-16/h3-4,7H,1-2,5-6,8-10H2. The van der Waals surface area contributed by atoms with Gasteiger partial charge < -0.3 is 4.42 Å². The van der Waals surface area contributed by atoms with Crippen molar-refractivity contribution in [1.29, 1.82) is 0 Å². The van der Waals surface area contributed by atoms with Gasteiger partial charge in [-0.2, -0.15) is 4.31 Å². The highest BCUT2D eigenvalue weighted by atomic mass is 32.2. The van der Waals surface area contributed by atoms with Crippen molar-refractivity contribution in [2.24, 2.45) is 0 Å². The molecule has 0 amide bonds. The van der Waals surface area contributed by atoms with Crippen LogP contribution < -0.4 is 0 Å². The summed E-state index contributed by atoms with van der Waals surface area (Å²) in [5, 5.41) is 1.77. The number of hydrogen-bond acceptors (Lipinski definition) is 6. The smallest absolute Gasteiger partial charge is 0.253 e. The van der Waals surface area contributed by atoms with E-state index in [9.17, 15) is 8.42 Å². The maximum absolute atomic E-state index is 12.5. The molecule has 22 heavy (non-hydrogen) atoms.